The number of aliphatic hydroxyl groups excluding tert-OH is 1. The molecule has 1 aromatic rings. The molecule has 0 spiro atoms. The van der Waals surface area contributed by atoms with Gasteiger partial charge in [-0.1, -0.05) is 22.0 Å². The van der Waals surface area contributed by atoms with Gasteiger partial charge in [-0.25, -0.2) is 0 Å². The third kappa shape index (κ3) is 3.95. The molecular weight excluding hydrogens is 320 g/mol. The van der Waals surface area contributed by atoms with Crippen molar-refractivity contribution >= 4 is 34.2 Å². The van der Waals surface area contributed by atoms with E-state index in [-0.39, 0.29) is 30.3 Å². The van der Waals surface area contributed by atoms with E-state index in [4.69, 9.17) is 0 Å². The molecule has 0 radical (unpaired) electrons. The molecular formula is C12H16BrClN2O2. The third-order valence-electron chi connectivity index (χ3n) is 2.92. The normalized spacial score (nSPS) is 22.3. The fourth-order valence-corrected chi connectivity index (χ4v) is 2.28. The van der Waals surface area contributed by atoms with Gasteiger partial charge in [0.1, 0.15) is 0 Å². The number of hydrogen-bond acceptors (Lipinski definition) is 3. The van der Waals surface area contributed by atoms with Crippen LogP contribution in [0.5, 0.6) is 0 Å². The number of benzene rings is 1. The minimum Gasteiger partial charge on any atom is -0.391 e. The molecule has 0 aliphatic carbocycles. The van der Waals surface area contributed by atoms with E-state index in [1.54, 1.807) is 12.1 Å². The first-order valence-corrected chi connectivity index (χ1v) is 6.38. The molecule has 18 heavy (non-hydrogen) atoms. The SMILES string of the molecule is Cl.O=C(NCC1CNCC1O)c1cccc(Br)c1. The van der Waals surface area contributed by atoms with Crippen molar-refractivity contribution in [2.45, 2.75) is 6.10 Å². The Morgan fingerprint density at radius 2 is 2.28 bits per heavy atom. The monoisotopic (exact) mass is 334 g/mol. The minimum absolute atomic E-state index is 0. The predicted molar refractivity (Wildman–Crippen MR) is 76.1 cm³/mol. The standard InChI is InChI=1S/C12H15BrN2O2.ClH/c13-10-3-1-2-8(4-10)12(17)15-6-9-5-14-7-11(9)16;/h1-4,9,11,14,16H,5-7H2,(H,15,17);1H. The maximum Gasteiger partial charge on any atom is 0.251 e. The van der Waals surface area contributed by atoms with E-state index in [0.29, 0.717) is 18.7 Å². The highest BCUT2D eigenvalue weighted by Crippen LogP contribution is 2.12. The molecule has 6 heteroatoms. The molecule has 1 saturated heterocycles. The van der Waals surface area contributed by atoms with Crippen LogP contribution in [0.15, 0.2) is 28.7 Å². The van der Waals surface area contributed by atoms with Crippen LogP contribution in [0.1, 0.15) is 10.4 Å². The number of hydrogen-bond donors (Lipinski definition) is 3. The van der Waals surface area contributed by atoms with Gasteiger partial charge in [0.05, 0.1) is 6.10 Å². The Labute approximate surface area is 121 Å². The number of carbonyl (C=O) groups excluding carboxylic acids is 1. The fourth-order valence-electron chi connectivity index (χ4n) is 1.88. The van der Waals surface area contributed by atoms with Crippen LogP contribution in [0.2, 0.25) is 0 Å². The van der Waals surface area contributed by atoms with Gasteiger partial charge in [-0.2, -0.15) is 0 Å². The first-order valence-electron chi connectivity index (χ1n) is 5.59. The molecule has 3 N–H and O–H groups in total. The van der Waals surface area contributed by atoms with Gasteiger partial charge in [-0.3, -0.25) is 4.79 Å². The van der Waals surface area contributed by atoms with Gasteiger partial charge in [0.25, 0.3) is 5.91 Å². The summed E-state index contributed by atoms with van der Waals surface area (Å²) in [6.07, 6.45) is -0.363. The van der Waals surface area contributed by atoms with E-state index < -0.39 is 0 Å². The van der Waals surface area contributed by atoms with Crippen molar-refractivity contribution in [2.24, 2.45) is 5.92 Å². The first kappa shape index (κ1) is 15.4. The number of aliphatic hydroxyl groups is 1. The summed E-state index contributed by atoms with van der Waals surface area (Å²) in [7, 11) is 0. The zero-order chi connectivity index (χ0) is 12.3. The summed E-state index contributed by atoms with van der Waals surface area (Å²) in [4.78, 5) is 11.8. The zero-order valence-electron chi connectivity index (χ0n) is 9.73. The van der Waals surface area contributed by atoms with Crippen molar-refractivity contribution in [1.82, 2.24) is 10.6 Å². The Kier molecular flexibility index (Phi) is 6.08. The summed E-state index contributed by atoms with van der Waals surface area (Å²) in [6, 6.07) is 7.24. The molecule has 0 bridgehead atoms. The maximum atomic E-state index is 11.8. The second-order valence-corrected chi connectivity index (χ2v) is 5.12. The zero-order valence-corrected chi connectivity index (χ0v) is 12.1. The highest BCUT2D eigenvalue weighted by Gasteiger charge is 2.25. The smallest absolute Gasteiger partial charge is 0.251 e. The Morgan fingerprint density at radius 1 is 1.50 bits per heavy atom. The van der Waals surface area contributed by atoms with Crippen LogP contribution < -0.4 is 10.6 Å². The molecule has 2 atom stereocenters. The van der Waals surface area contributed by atoms with Crippen LogP contribution in [0, 0.1) is 5.92 Å². The molecule has 1 heterocycles. The summed E-state index contributed by atoms with van der Waals surface area (Å²) < 4.78 is 0.882. The number of carbonyl (C=O) groups is 1. The van der Waals surface area contributed by atoms with E-state index >= 15 is 0 Å². The van der Waals surface area contributed by atoms with Crippen molar-refractivity contribution in [3.63, 3.8) is 0 Å². The maximum absolute atomic E-state index is 11.8. The van der Waals surface area contributed by atoms with Crippen LogP contribution in [0.3, 0.4) is 0 Å². The van der Waals surface area contributed by atoms with E-state index in [9.17, 15) is 9.90 Å². The second-order valence-electron chi connectivity index (χ2n) is 4.21. The first-order chi connectivity index (χ1) is 8.16. The highest BCUT2D eigenvalue weighted by atomic mass is 79.9. The highest BCUT2D eigenvalue weighted by molar-refractivity contribution is 9.10. The van der Waals surface area contributed by atoms with Gasteiger partial charge >= 0.3 is 0 Å². The van der Waals surface area contributed by atoms with E-state index in [1.165, 1.54) is 0 Å². The van der Waals surface area contributed by atoms with Crippen molar-refractivity contribution in [3.05, 3.63) is 34.3 Å². The van der Waals surface area contributed by atoms with Gasteiger partial charge in [0.15, 0.2) is 0 Å². The van der Waals surface area contributed by atoms with Crippen molar-refractivity contribution < 1.29 is 9.90 Å². The average Bonchev–Trinajstić information content (AvgIpc) is 2.72. The second kappa shape index (κ2) is 7.09. The quantitative estimate of drug-likeness (QED) is 0.777. The van der Waals surface area contributed by atoms with Crippen molar-refractivity contribution in [1.29, 1.82) is 0 Å². The summed E-state index contributed by atoms with van der Waals surface area (Å²) in [5.41, 5.74) is 0.625. The largest absolute Gasteiger partial charge is 0.391 e. The summed E-state index contributed by atoms with van der Waals surface area (Å²) in [5, 5.41) is 15.5. The Morgan fingerprint density at radius 3 is 2.89 bits per heavy atom. The lowest BCUT2D eigenvalue weighted by atomic mass is 10.1. The number of rotatable bonds is 3. The Balaban J connectivity index is 0.00000162. The van der Waals surface area contributed by atoms with Crippen LogP contribution in [0.25, 0.3) is 0 Å². The van der Waals surface area contributed by atoms with Gasteiger partial charge in [-0.15, -0.1) is 12.4 Å². The Hall–Kier alpha value is -0.620. The number of nitrogens with one attached hydrogen (secondary N) is 2. The summed E-state index contributed by atoms with van der Waals surface area (Å²) >= 11 is 3.33. The number of β-amino-alcohol motifs (C(OH)–C–C–N with tert-alkyl or cyclic N) is 1. The van der Waals surface area contributed by atoms with E-state index in [2.05, 4.69) is 26.6 Å². The van der Waals surface area contributed by atoms with Crippen LogP contribution >= 0.6 is 28.3 Å². The predicted octanol–water partition coefficient (Wildman–Crippen LogP) is 1.18. The van der Waals surface area contributed by atoms with Crippen LogP contribution in [-0.2, 0) is 0 Å². The fraction of sp³-hybridized carbons (Fsp3) is 0.417. The van der Waals surface area contributed by atoms with Gasteiger partial charge in [0, 0.05) is 35.6 Å². The lowest BCUT2D eigenvalue weighted by Gasteiger charge is -2.14. The van der Waals surface area contributed by atoms with Crippen molar-refractivity contribution in [2.75, 3.05) is 19.6 Å². The number of halogens is 2. The van der Waals surface area contributed by atoms with E-state index in [1.807, 2.05) is 12.1 Å². The molecule has 2 rings (SSSR count). The van der Waals surface area contributed by atoms with Crippen molar-refractivity contribution in [3.8, 4) is 0 Å². The van der Waals surface area contributed by atoms with Crippen LogP contribution in [-0.4, -0.2) is 36.8 Å². The Bertz CT molecular complexity index is 417. The molecule has 0 aromatic heterocycles. The summed E-state index contributed by atoms with van der Waals surface area (Å²) in [5.74, 6) is -0.00324. The van der Waals surface area contributed by atoms with E-state index in [0.717, 1.165) is 11.0 Å². The third-order valence-corrected chi connectivity index (χ3v) is 3.41. The molecule has 1 aromatic carbocycles. The van der Waals surface area contributed by atoms with Gasteiger partial charge < -0.3 is 15.7 Å². The molecule has 1 amide bonds. The molecule has 1 aliphatic rings. The van der Waals surface area contributed by atoms with Gasteiger partial charge in [0.2, 0.25) is 0 Å². The average molecular weight is 336 g/mol. The van der Waals surface area contributed by atoms with Gasteiger partial charge in [-0.05, 0) is 18.2 Å². The molecule has 100 valence electrons. The molecule has 1 aliphatic heterocycles. The summed E-state index contributed by atoms with van der Waals surface area (Å²) in [6.45, 7) is 1.86. The molecule has 2 unspecified atom stereocenters. The number of amides is 1. The minimum atomic E-state index is -0.363. The molecule has 0 saturated carbocycles. The van der Waals surface area contributed by atoms with Crippen LogP contribution in [0.4, 0.5) is 0 Å². The topological polar surface area (TPSA) is 61.4 Å². The lowest BCUT2D eigenvalue weighted by molar-refractivity contribution is 0.0927. The lowest BCUT2D eigenvalue weighted by Crippen LogP contribution is -2.34. The molecule has 1 fully saturated rings. The molecule has 4 nitrogen and oxygen atoms in total.